The van der Waals surface area contributed by atoms with Crippen molar-refractivity contribution < 1.29 is 18.3 Å². The maximum absolute atomic E-state index is 13.2. The summed E-state index contributed by atoms with van der Waals surface area (Å²) in [5.41, 5.74) is 3.52. The first-order chi connectivity index (χ1) is 14.3. The number of carbonyl (C=O) groups is 1. The van der Waals surface area contributed by atoms with Gasteiger partial charge in [0.15, 0.2) is 0 Å². The molecular weight excluding hydrogens is 387 g/mol. The molecule has 0 aliphatic rings. The number of halogens is 1. The van der Waals surface area contributed by atoms with Crippen LogP contribution in [-0.4, -0.2) is 15.7 Å². The first kappa shape index (κ1) is 19.6. The minimum Gasteiger partial charge on any atom is -0.457 e. The van der Waals surface area contributed by atoms with E-state index < -0.39 is 11.6 Å². The maximum atomic E-state index is 13.2. The minimum atomic E-state index is -0.549. The number of benzene rings is 2. The molecule has 0 amide bonds. The fourth-order valence-electron chi connectivity index (χ4n) is 3.44. The van der Waals surface area contributed by atoms with Gasteiger partial charge in [0.05, 0.1) is 17.1 Å². The fraction of sp³-hybridized carbons (Fsp3) is 0.174. The quantitative estimate of drug-likeness (QED) is 0.371. The van der Waals surface area contributed by atoms with Gasteiger partial charge in [-0.3, -0.25) is 0 Å². The molecule has 30 heavy (non-hydrogen) atoms. The van der Waals surface area contributed by atoms with Crippen molar-refractivity contribution >= 4 is 16.9 Å². The highest BCUT2D eigenvalue weighted by atomic mass is 19.1. The number of rotatable bonds is 4. The molecule has 0 bridgehead atoms. The molecule has 4 rings (SSSR count). The van der Waals surface area contributed by atoms with Crippen molar-refractivity contribution in [2.75, 3.05) is 0 Å². The number of aromatic nitrogens is 2. The number of carbonyl (C=O) groups excluding carboxylic acids is 1. The molecule has 0 spiro atoms. The van der Waals surface area contributed by atoms with Crippen molar-refractivity contribution in [1.29, 1.82) is 0 Å². The Bertz CT molecular complexity index is 1320. The molecule has 0 N–H and O–H groups in total. The van der Waals surface area contributed by atoms with E-state index in [1.165, 1.54) is 18.2 Å². The van der Waals surface area contributed by atoms with E-state index in [1.54, 1.807) is 36.7 Å². The second-order valence-corrected chi connectivity index (χ2v) is 7.10. The van der Waals surface area contributed by atoms with Gasteiger partial charge < -0.3 is 9.15 Å². The molecule has 0 atom stereocenters. The normalized spacial score (nSPS) is 11.1. The topological polar surface area (TPSA) is 74.3 Å². The van der Waals surface area contributed by atoms with Crippen LogP contribution < -0.4 is 5.63 Å². The van der Waals surface area contributed by atoms with Crippen molar-refractivity contribution in [2.45, 2.75) is 27.4 Å². The predicted molar refractivity (Wildman–Crippen MR) is 109 cm³/mol. The van der Waals surface area contributed by atoms with Crippen LogP contribution in [0.5, 0.6) is 0 Å². The Kier molecular flexibility index (Phi) is 4.95. The van der Waals surface area contributed by atoms with Gasteiger partial charge >= 0.3 is 11.6 Å². The third kappa shape index (κ3) is 3.61. The summed E-state index contributed by atoms with van der Waals surface area (Å²) in [4.78, 5) is 24.7. The number of esters is 1. The summed E-state index contributed by atoms with van der Waals surface area (Å²) in [6.45, 7) is 5.27. The highest BCUT2D eigenvalue weighted by Crippen LogP contribution is 2.22. The van der Waals surface area contributed by atoms with Gasteiger partial charge in [-0.1, -0.05) is 12.1 Å². The Hall–Kier alpha value is -3.74. The van der Waals surface area contributed by atoms with E-state index >= 15 is 0 Å². The lowest BCUT2D eigenvalue weighted by Gasteiger charge is -2.08. The molecule has 0 saturated heterocycles. The van der Waals surface area contributed by atoms with Gasteiger partial charge in [-0.15, -0.1) is 0 Å². The van der Waals surface area contributed by atoms with Crippen molar-refractivity contribution in [3.63, 3.8) is 0 Å². The minimum absolute atomic E-state index is 0.0788. The monoisotopic (exact) mass is 406 g/mol. The van der Waals surface area contributed by atoms with Gasteiger partial charge in [-0.25, -0.2) is 18.7 Å². The molecule has 152 valence electrons. The first-order valence-electron chi connectivity index (χ1n) is 9.36. The zero-order valence-electron chi connectivity index (χ0n) is 16.7. The van der Waals surface area contributed by atoms with Gasteiger partial charge in [0.2, 0.25) is 0 Å². The van der Waals surface area contributed by atoms with E-state index in [0.717, 1.165) is 5.56 Å². The number of nitrogens with zero attached hydrogens (tertiary/aromatic N) is 2. The number of aryl methyl sites for hydroxylation is 2. The molecular formula is C23H19FN2O4. The Morgan fingerprint density at radius 3 is 2.57 bits per heavy atom. The summed E-state index contributed by atoms with van der Waals surface area (Å²) in [6, 6.07) is 12.7. The van der Waals surface area contributed by atoms with Gasteiger partial charge in [0, 0.05) is 17.0 Å². The lowest BCUT2D eigenvalue weighted by atomic mass is 10.1. The average molecular weight is 406 g/mol. The summed E-state index contributed by atoms with van der Waals surface area (Å²) < 4.78 is 25.5. The summed E-state index contributed by atoms with van der Waals surface area (Å²) in [5, 5.41) is 5.10. The zero-order valence-corrected chi connectivity index (χ0v) is 16.7. The summed E-state index contributed by atoms with van der Waals surface area (Å²) in [6.07, 6.45) is 0. The molecule has 2 aromatic carbocycles. The molecule has 7 heteroatoms. The lowest BCUT2D eigenvalue weighted by molar-refractivity contribution is 0.0472. The summed E-state index contributed by atoms with van der Waals surface area (Å²) in [7, 11) is 0. The predicted octanol–water partition coefficient (Wildman–Crippen LogP) is 4.40. The van der Waals surface area contributed by atoms with Crippen molar-refractivity contribution in [3.8, 4) is 5.69 Å². The van der Waals surface area contributed by atoms with Gasteiger partial charge in [-0.2, -0.15) is 5.10 Å². The maximum Gasteiger partial charge on any atom is 0.342 e. The van der Waals surface area contributed by atoms with Crippen molar-refractivity contribution in [1.82, 2.24) is 9.78 Å². The van der Waals surface area contributed by atoms with Crippen LogP contribution in [0.3, 0.4) is 0 Å². The van der Waals surface area contributed by atoms with Crippen LogP contribution in [0.1, 0.15) is 32.9 Å². The number of ether oxygens (including phenoxy) is 1. The Morgan fingerprint density at radius 2 is 1.83 bits per heavy atom. The third-order valence-corrected chi connectivity index (χ3v) is 4.91. The SMILES string of the molecule is Cc1ccc2c(COC(=O)c3c(C)nn(-c4ccc(F)cc4)c3C)cc(=O)oc2c1. The Morgan fingerprint density at radius 1 is 1.10 bits per heavy atom. The first-order valence-corrected chi connectivity index (χ1v) is 9.36. The molecule has 4 aromatic rings. The van der Waals surface area contributed by atoms with E-state index in [2.05, 4.69) is 5.10 Å². The van der Waals surface area contributed by atoms with Crippen LogP contribution in [0.15, 0.2) is 57.7 Å². The van der Waals surface area contributed by atoms with Crippen LogP contribution in [0, 0.1) is 26.6 Å². The lowest BCUT2D eigenvalue weighted by Crippen LogP contribution is -2.10. The van der Waals surface area contributed by atoms with Crippen molar-refractivity contribution in [3.05, 3.63) is 92.8 Å². The Balaban J connectivity index is 1.62. The van der Waals surface area contributed by atoms with E-state index in [4.69, 9.17) is 9.15 Å². The third-order valence-electron chi connectivity index (χ3n) is 4.91. The van der Waals surface area contributed by atoms with E-state index in [9.17, 15) is 14.0 Å². The van der Waals surface area contributed by atoms with Crippen LogP contribution in [-0.2, 0) is 11.3 Å². The molecule has 0 aliphatic heterocycles. The van der Waals surface area contributed by atoms with Crippen LogP contribution in [0.4, 0.5) is 4.39 Å². The largest absolute Gasteiger partial charge is 0.457 e. The highest BCUT2D eigenvalue weighted by molar-refractivity contribution is 5.92. The summed E-state index contributed by atoms with van der Waals surface area (Å²) in [5.74, 6) is -0.901. The highest BCUT2D eigenvalue weighted by Gasteiger charge is 2.21. The van der Waals surface area contributed by atoms with Crippen LogP contribution in [0.25, 0.3) is 16.7 Å². The van der Waals surface area contributed by atoms with Gasteiger partial charge in [-0.05, 0) is 56.7 Å². The molecule has 2 aromatic heterocycles. The van der Waals surface area contributed by atoms with Crippen molar-refractivity contribution in [2.24, 2.45) is 0 Å². The van der Waals surface area contributed by atoms with Gasteiger partial charge in [0.25, 0.3) is 0 Å². The molecule has 0 fully saturated rings. The Labute approximate surface area is 171 Å². The number of hydrogen-bond acceptors (Lipinski definition) is 5. The second-order valence-electron chi connectivity index (χ2n) is 7.10. The van der Waals surface area contributed by atoms with Gasteiger partial charge in [0.1, 0.15) is 23.6 Å². The number of fused-ring (bicyclic) bond motifs is 1. The molecule has 0 radical (unpaired) electrons. The van der Waals surface area contributed by atoms with Crippen LogP contribution in [0.2, 0.25) is 0 Å². The second kappa shape index (κ2) is 7.59. The smallest absolute Gasteiger partial charge is 0.342 e. The van der Waals surface area contributed by atoms with E-state index in [-0.39, 0.29) is 12.4 Å². The zero-order chi connectivity index (χ0) is 21.4. The molecule has 0 unspecified atom stereocenters. The van der Waals surface area contributed by atoms with E-state index in [0.29, 0.717) is 39.2 Å². The average Bonchev–Trinajstić information content (AvgIpc) is 3.00. The molecule has 6 nitrogen and oxygen atoms in total. The van der Waals surface area contributed by atoms with Crippen LogP contribution >= 0.6 is 0 Å². The molecule has 2 heterocycles. The fourth-order valence-corrected chi connectivity index (χ4v) is 3.44. The molecule has 0 aliphatic carbocycles. The number of hydrogen-bond donors (Lipinski definition) is 0. The summed E-state index contributed by atoms with van der Waals surface area (Å²) >= 11 is 0. The standard InChI is InChI=1S/C23H19FN2O4/c1-13-4-9-19-16(11-21(27)30-20(19)10-13)12-29-23(28)22-14(2)25-26(15(22)3)18-7-5-17(24)6-8-18/h4-11H,12H2,1-3H3. The van der Waals surface area contributed by atoms with E-state index in [1.807, 2.05) is 19.1 Å². The molecule has 0 saturated carbocycles.